The minimum Gasteiger partial charge on any atom is -0.309 e. The fourth-order valence-electron chi connectivity index (χ4n) is 4.86. The molecule has 0 aliphatic heterocycles. The lowest BCUT2D eigenvalue weighted by atomic mass is 10.0. The molecular formula is C29H21BrN2. The molecule has 0 N–H and O–H groups in total. The van der Waals surface area contributed by atoms with Crippen molar-refractivity contribution >= 4 is 48.5 Å². The normalized spacial score (nSPS) is 11.6. The van der Waals surface area contributed by atoms with E-state index >= 15 is 0 Å². The number of pyridine rings is 1. The van der Waals surface area contributed by atoms with Gasteiger partial charge in [0.2, 0.25) is 0 Å². The number of rotatable bonds is 2. The Bertz CT molecular complexity index is 1640. The van der Waals surface area contributed by atoms with Crippen LogP contribution in [0.1, 0.15) is 11.1 Å². The summed E-state index contributed by atoms with van der Waals surface area (Å²) in [7, 11) is 0. The Kier molecular flexibility index (Phi) is 4.41. The highest BCUT2D eigenvalue weighted by Crippen LogP contribution is 2.37. The molecule has 0 radical (unpaired) electrons. The van der Waals surface area contributed by atoms with Crippen LogP contribution in [0.5, 0.6) is 0 Å². The van der Waals surface area contributed by atoms with E-state index < -0.39 is 0 Å². The van der Waals surface area contributed by atoms with Crippen LogP contribution in [0.25, 0.3) is 49.5 Å². The van der Waals surface area contributed by atoms with E-state index in [1.54, 1.807) is 0 Å². The zero-order valence-corrected chi connectivity index (χ0v) is 19.5. The van der Waals surface area contributed by atoms with Gasteiger partial charge >= 0.3 is 0 Å². The van der Waals surface area contributed by atoms with Crippen LogP contribution in [0, 0.1) is 13.8 Å². The Morgan fingerprint density at radius 1 is 0.656 bits per heavy atom. The molecule has 0 amide bonds. The van der Waals surface area contributed by atoms with Crippen LogP contribution in [0.2, 0.25) is 0 Å². The maximum absolute atomic E-state index is 4.81. The summed E-state index contributed by atoms with van der Waals surface area (Å²) in [6.45, 7) is 4.32. The molecule has 0 aliphatic carbocycles. The minimum absolute atomic E-state index is 1.00. The third-order valence-electron chi connectivity index (χ3n) is 6.16. The average molecular weight is 477 g/mol. The first-order valence-electron chi connectivity index (χ1n) is 10.8. The first-order chi connectivity index (χ1) is 15.6. The number of para-hydroxylation sites is 1. The first-order valence-corrected chi connectivity index (χ1v) is 11.5. The van der Waals surface area contributed by atoms with E-state index in [-0.39, 0.29) is 0 Å². The van der Waals surface area contributed by atoms with Crippen LogP contribution < -0.4 is 0 Å². The van der Waals surface area contributed by atoms with Crippen LogP contribution in [0.15, 0.2) is 95.6 Å². The summed E-state index contributed by atoms with van der Waals surface area (Å²) >= 11 is 3.66. The van der Waals surface area contributed by atoms with E-state index in [0.29, 0.717) is 0 Å². The molecule has 154 valence electrons. The maximum atomic E-state index is 4.81. The smallest absolute Gasteiger partial charge is 0.0781 e. The van der Waals surface area contributed by atoms with Gasteiger partial charge in [-0.15, -0.1) is 0 Å². The SMILES string of the molecule is Cc1cc(C)cc(-n2c3ccccc3c3ccc(-c4ncc(Br)c5ccccc45)cc32)c1. The van der Waals surface area contributed by atoms with Crippen molar-refractivity contribution in [2.75, 3.05) is 0 Å². The van der Waals surface area contributed by atoms with Gasteiger partial charge in [-0.05, 0) is 70.6 Å². The highest BCUT2D eigenvalue weighted by atomic mass is 79.9. The van der Waals surface area contributed by atoms with E-state index in [2.05, 4.69) is 119 Å². The van der Waals surface area contributed by atoms with Gasteiger partial charge in [0.25, 0.3) is 0 Å². The fraction of sp³-hybridized carbons (Fsp3) is 0.0690. The zero-order chi connectivity index (χ0) is 21.8. The molecule has 6 rings (SSSR count). The Morgan fingerprint density at radius 3 is 2.09 bits per heavy atom. The maximum Gasteiger partial charge on any atom is 0.0781 e. The van der Waals surface area contributed by atoms with E-state index in [1.165, 1.54) is 44.0 Å². The van der Waals surface area contributed by atoms with Gasteiger partial charge in [0.15, 0.2) is 0 Å². The van der Waals surface area contributed by atoms with Crippen molar-refractivity contribution in [3.8, 4) is 16.9 Å². The topological polar surface area (TPSA) is 17.8 Å². The summed E-state index contributed by atoms with van der Waals surface area (Å²) < 4.78 is 3.40. The van der Waals surface area contributed by atoms with Crippen molar-refractivity contribution in [2.24, 2.45) is 0 Å². The molecule has 0 saturated carbocycles. The predicted molar refractivity (Wildman–Crippen MR) is 139 cm³/mol. The van der Waals surface area contributed by atoms with Crippen LogP contribution in [-0.2, 0) is 0 Å². The number of nitrogens with zero attached hydrogens (tertiary/aromatic N) is 2. The van der Waals surface area contributed by atoms with Crippen LogP contribution >= 0.6 is 15.9 Å². The van der Waals surface area contributed by atoms with Gasteiger partial charge in [-0.3, -0.25) is 4.98 Å². The summed E-state index contributed by atoms with van der Waals surface area (Å²) in [6, 6.07) is 30.5. The number of hydrogen-bond acceptors (Lipinski definition) is 1. The second-order valence-corrected chi connectivity index (χ2v) is 9.29. The first kappa shape index (κ1) is 19.3. The summed E-state index contributed by atoms with van der Waals surface area (Å²) in [5.74, 6) is 0. The monoisotopic (exact) mass is 476 g/mol. The number of aryl methyl sites for hydroxylation is 2. The molecule has 2 heterocycles. The largest absolute Gasteiger partial charge is 0.309 e. The quantitative estimate of drug-likeness (QED) is 0.245. The molecule has 0 atom stereocenters. The third-order valence-corrected chi connectivity index (χ3v) is 6.79. The highest BCUT2D eigenvalue weighted by molar-refractivity contribution is 9.10. The molecule has 2 nitrogen and oxygen atoms in total. The van der Waals surface area contributed by atoms with Crippen molar-refractivity contribution in [1.29, 1.82) is 0 Å². The highest BCUT2D eigenvalue weighted by Gasteiger charge is 2.15. The van der Waals surface area contributed by atoms with Crippen molar-refractivity contribution in [1.82, 2.24) is 9.55 Å². The number of fused-ring (bicyclic) bond motifs is 4. The Balaban J connectivity index is 1.70. The van der Waals surface area contributed by atoms with Crippen molar-refractivity contribution in [2.45, 2.75) is 13.8 Å². The number of aromatic nitrogens is 2. The average Bonchev–Trinajstić information content (AvgIpc) is 3.12. The number of halogens is 1. The second-order valence-electron chi connectivity index (χ2n) is 8.43. The molecule has 2 aromatic heterocycles. The number of benzene rings is 4. The van der Waals surface area contributed by atoms with E-state index in [0.717, 1.165) is 21.1 Å². The molecule has 6 aromatic rings. The lowest BCUT2D eigenvalue weighted by Crippen LogP contribution is -1.96. The van der Waals surface area contributed by atoms with E-state index in [4.69, 9.17) is 4.98 Å². The summed E-state index contributed by atoms with van der Waals surface area (Å²) in [5.41, 5.74) is 8.27. The van der Waals surface area contributed by atoms with Gasteiger partial charge in [0.1, 0.15) is 0 Å². The lowest BCUT2D eigenvalue weighted by Gasteiger charge is -2.12. The Morgan fingerprint density at radius 2 is 1.31 bits per heavy atom. The molecule has 32 heavy (non-hydrogen) atoms. The van der Waals surface area contributed by atoms with Crippen molar-refractivity contribution in [3.63, 3.8) is 0 Å². The van der Waals surface area contributed by atoms with Gasteiger partial charge in [0.05, 0.1) is 16.7 Å². The fourth-order valence-corrected chi connectivity index (χ4v) is 5.31. The van der Waals surface area contributed by atoms with Crippen LogP contribution in [0.3, 0.4) is 0 Å². The van der Waals surface area contributed by atoms with Crippen molar-refractivity contribution < 1.29 is 0 Å². The Labute approximate surface area is 195 Å². The van der Waals surface area contributed by atoms with Crippen LogP contribution in [0.4, 0.5) is 0 Å². The second kappa shape index (κ2) is 7.32. The van der Waals surface area contributed by atoms with Gasteiger partial charge < -0.3 is 4.57 Å². The van der Waals surface area contributed by atoms with Gasteiger partial charge in [-0.2, -0.15) is 0 Å². The predicted octanol–water partition coefficient (Wildman–Crippen LogP) is 8.38. The standard InChI is InChI=1S/C29H21BrN2/c1-18-13-19(2)15-21(14-18)32-27-10-6-5-8-23(27)24-12-11-20(16-28(24)32)29-25-9-4-3-7-22(25)26(30)17-31-29/h3-17H,1-2H3. The van der Waals surface area contributed by atoms with Crippen LogP contribution in [-0.4, -0.2) is 9.55 Å². The summed E-state index contributed by atoms with van der Waals surface area (Å²) in [6.07, 6.45) is 1.90. The number of hydrogen-bond donors (Lipinski definition) is 0. The molecule has 0 unspecified atom stereocenters. The van der Waals surface area contributed by atoms with E-state index in [9.17, 15) is 0 Å². The molecule has 4 aromatic carbocycles. The third kappa shape index (κ3) is 2.96. The lowest BCUT2D eigenvalue weighted by molar-refractivity contribution is 1.16. The molecule has 3 heteroatoms. The molecule has 0 spiro atoms. The van der Waals surface area contributed by atoms with E-state index in [1.807, 2.05) is 6.20 Å². The van der Waals surface area contributed by atoms with Gasteiger partial charge in [0, 0.05) is 38.1 Å². The zero-order valence-electron chi connectivity index (χ0n) is 17.9. The summed E-state index contributed by atoms with van der Waals surface area (Å²) in [5, 5.41) is 4.84. The van der Waals surface area contributed by atoms with Gasteiger partial charge in [-0.25, -0.2) is 0 Å². The molecule has 0 bridgehead atoms. The van der Waals surface area contributed by atoms with Gasteiger partial charge in [-0.1, -0.05) is 60.7 Å². The molecular weight excluding hydrogens is 456 g/mol. The van der Waals surface area contributed by atoms with Crippen molar-refractivity contribution in [3.05, 3.63) is 107 Å². The molecule has 0 aliphatic rings. The summed E-state index contributed by atoms with van der Waals surface area (Å²) in [4.78, 5) is 4.81. The Hall–Kier alpha value is -3.43. The molecule has 0 saturated heterocycles. The minimum atomic E-state index is 1.00. The molecule has 0 fully saturated rings.